The van der Waals surface area contributed by atoms with Crippen LogP contribution in [0.3, 0.4) is 0 Å². The fourth-order valence-corrected chi connectivity index (χ4v) is 8.04. The Balaban J connectivity index is 1.55. The average Bonchev–Trinajstić information content (AvgIpc) is 3.02. The lowest BCUT2D eigenvalue weighted by molar-refractivity contribution is -0.160. The molecule has 7 atom stereocenters. The number of nitrogens with zero attached hydrogens (tertiary/aromatic N) is 1. The molecule has 5 nitrogen and oxygen atoms in total. The first-order valence-corrected chi connectivity index (χ1v) is 11.7. The number of rotatable bonds is 3. The molecule has 4 fully saturated rings. The van der Waals surface area contributed by atoms with E-state index >= 15 is 0 Å². The zero-order chi connectivity index (χ0) is 21.2. The fourth-order valence-electron chi connectivity index (χ4n) is 8.04. The van der Waals surface area contributed by atoms with Crippen molar-refractivity contribution in [1.29, 1.82) is 0 Å². The van der Waals surface area contributed by atoms with Crippen LogP contribution in [0.15, 0.2) is 0 Å². The van der Waals surface area contributed by atoms with Gasteiger partial charge in [0.05, 0.1) is 12.1 Å². The Kier molecular flexibility index (Phi) is 5.08. The summed E-state index contributed by atoms with van der Waals surface area (Å²) in [6.45, 7) is 8.55. The van der Waals surface area contributed by atoms with E-state index in [2.05, 4.69) is 24.1 Å². The van der Waals surface area contributed by atoms with Crippen molar-refractivity contribution in [2.75, 3.05) is 13.7 Å². The van der Waals surface area contributed by atoms with Crippen LogP contribution in [0.5, 0.6) is 0 Å². The molecule has 5 heteroatoms. The molecule has 4 rings (SSSR count). The van der Waals surface area contributed by atoms with Crippen molar-refractivity contribution in [2.45, 2.75) is 90.6 Å². The van der Waals surface area contributed by atoms with E-state index < -0.39 is 5.54 Å². The van der Waals surface area contributed by atoms with Crippen LogP contribution in [0.4, 0.5) is 0 Å². The van der Waals surface area contributed by atoms with Crippen LogP contribution in [0, 0.1) is 34.5 Å². The van der Waals surface area contributed by atoms with Crippen LogP contribution in [-0.4, -0.2) is 47.1 Å². The quantitative estimate of drug-likeness (QED) is 0.758. The van der Waals surface area contributed by atoms with Gasteiger partial charge in [0, 0.05) is 25.4 Å². The van der Waals surface area contributed by atoms with E-state index in [1.807, 2.05) is 20.9 Å². The highest BCUT2D eigenvalue weighted by Gasteiger charge is 2.62. The number of hydrogen-bond acceptors (Lipinski definition) is 3. The number of hydrogen-bond donors (Lipinski definition) is 2. The number of likely N-dealkylation sites (tertiary alicyclic amines) is 1. The summed E-state index contributed by atoms with van der Waals surface area (Å²) in [5, 5.41) is 12.7. The lowest BCUT2D eigenvalue weighted by atomic mass is 9.47. The number of piperidine rings is 1. The number of amides is 2. The number of fused-ring (bicyclic) bond motifs is 5. The summed E-state index contributed by atoms with van der Waals surface area (Å²) in [5.41, 5.74) is -0.268. The molecule has 2 amide bonds. The van der Waals surface area contributed by atoms with Crippen LogP contribution in [0.2, 0.25) is 0 Å². The van der Waals surface area contributed by atoms with E-state index in [-0.39, 0.29) is 29.3 Å². The van der Waals surface area contributed by atoms with Gasteiger partial charge in [0.15, 0.2) is 0 Å². The predicted molar refractivity (Wildman–Crippen MR) is 113 cm³/mol. The van der Waals surface area contributed by atoms with Crippen molar-refractivity contribution >= 4 is 11.8 Å². The van der Waals surface area contributed by atoms with Crippen molar-refractivity contribution in [2.24, 2.45) is 34.5 Å². The summed E-state index contributed by atoms with van der Waals surface area (Å²) in [6, 6.07) is 0.389. The van der Waals surface area contributed by atoms with E-state index in [1.54, 1.807) is 0 Å². The molecular formula is C24H40N2O3. The lowest BCUT2D eigenvalue weighted by Gasteiger charge is -2.61. The molecule has 164 valence electrons. The Hall–Kier alpha value is -1.10. The molecule has 3 saturated carbocycles. The molecule has 0 radical (unpaired) electrons. The Bertz CT molecular complexity index is 692. The number of carbonyl (C=O) groups is 2. The lowest BCUT2D eigenvalue weighted by Crippen LogP contribution is -2.61. The first kappa shape index (κ1) is 21.1. The number of aliphatic hydroxyl groups is 1. The van der Waals surface area contributed by atoms with E-state index in [0.29, 0.717) is 36.1 Å². The van der Waals surface area contributed by atoms with Gasteiger partial charge in [-0.05, 0) is 87.4 Å². The van der Waals surface area contributed by atoms with E-state index in [1.165, 1.54) is 12.8 Å². The third-order valence-electron chi connectivity index (χ3n) is 9.73. The van der Waals surface area contributed by atoms with Crippen molar-refractivity contribution < 1.29 is 14.7 Å². The average molecular weight is 405 g/mol. The van der Waals surface area contributed by atoms with Crippen molar-refractivity contribution in [3.8, 4) is 0 Å². The summed E-state index contributed by atoms with van der Waals surface area (Å²) < 4.78 is 0. The minimum Gasteiger partial charge on any atom is -0.394 e. The second-order valence-electron chi connectivity index (χ2n) is 11.7. The topological polar surface area (TPSA) is 69.6 Å². The van der Waals surface area contributed by atoms with Crippen LogP contribution in [0.1, 0.15) is 79.1 Å². The minimum atomic E-state index is -0.562. The Morgan fingerprint density at radius 1 is 1.10 bits per heavy atom. The van der Waals surface area contributed by atoms with Gasteiger partial charge in [0.2, 0.25) is 11.8 Å². The molecule has 2 N–H and O–H groups in total. The van der Waals surface area contributed by atoms with Gasteiger partial charge in [-0.3, -0.25) is 9.59 Å². The molecule has 1 aliphatic heterocycles. The van der Waals surface area contributed by atoms with E-state index in [9.17, 15) is 14.7 Å². The van der Waals surface area contributed by atoms with E-state index in [4.69, 9.17) is 0 Å². The maximum absolute atomic E-state index is 13.1. The maximum Gasteiger partial charge on any atom is 0.224 e. The van der Waals surface area contributed by atoms with Gasteiger partial charge in [-0.1, -0.05) is 13.8 Å². The summed E-state index contributed by atoms with van der Waals surface area (Å²) in [5.74, 6) is 2.47. The second kappa shape index (κ2) is 6.96. The summed E-state index contributed by atoms with van der Waals surface area (Å²) in [6.07, 6.45) is 8.42. The molecule has 0 spiro atoms. The van der Waals surface area contributed by atoms with Gasteiger partial charge in [-0.2, -0.15) is 0 Å². The second-order valence-corrected chi connectivity index (χ2v) is 11.7. The van der Waals surface area contributed by atoms with Crippen LogP contribution in [0.25, 0.3) is 0 Å². The third-order valence-corrected chi connectivity index (χ3v) is 9.73. The molecule has 0 aromatic carbocycles. The van der Waals surface area contributed by atoms with Gasteiger partial charge in [0.1, 0.15) is 0 Å². The summed E-state index contributed by atoms with van der Waals surface area (Å²) >= 11 is 0. The first-order valence-electron chi connectivity index (χ1n) is 11.7. The summed E-state index contributed by atoms with van der Waals surface area (Å²) in [7, 11) is 2.01. The number of carbonyl (C=O) groups excluding carboxylic acids is 2. The Morgan fingerprint density at radius 2 is 1.79 bits per heavy atom. The van der Waals surface area contributed by atoms with Gasteiger partial charge in [-0.25, -0.2) is 0 Å². The molecule has 2 unspecified atom stereocenters. The Morgan fingerprint density at radius 3 is 2.48 bits per heavy atom. The molecule has 1 heterocycles. The molecule has 0 bridgehead atoms. The Labute approximate surface area is 176 Å². The molecule has 29 heavy (non-hydrogen) atoms. The molecular weight excluding hydrogens is 364 g/mol. The van der Waals surface area contributed by atoms with Crippen molar-refractivity contribution in [1.82, 2.24) is 10.2 Å². The number of aliphatic hydroxyl groups excluding tert-OH is 1. The first-order chi connectivity index (χ1) is 13.5. The standard InChI is InChI=1S/C24H40N2O3/c1-22(2,14-27)25-21(29)18-8-7-16-15-6-9-19-24(4,13-11-20(28)26(19)5)17(15)10-12-23(16,18)3/h15-19,27H,6-14H2,1-5H3,(H,25,29)/t15-,16-,17+,18?,19?,23-,24+/m0/s1. The largest absolute Gasteiger partial charge is 0.394 e. The van der Waals surface area contributed by atoms with Crippen LogP contribution >= 0.6 is 0 Å². The van der Waals surface area contributed by atoms with Gasteiger partial charge < -0.3 is 15.3 Å². The monoisotopic (exact) mass is 404 g/mol. The van der Waals surface area contributed by atoms with Crippen molar-refractivity contribution in [3.63, 3.8) is 0 Å². The van der Waals surface area contributed by atoms with E-state index in [0.717, 1.165) is 32.1 Å². The van der Waals surface area contributed by atoms with Gasteiger partial charge in [0.25, 0.3) is 0 Å². The van der Waals surface area contributed by atoms with Crippen LogP contribution in [-0.2, 0) is 9.59 Å². The zero-order valence-electron chi connectivity index (χ0n) is 19.0. The molecule has 3 aliphatic carbocycles. The van der Waals surface area contributed by atoms with Gasteiger partial charge >= 0.3 is 0 Å². The number of nitrogens with one attached hydrogen (secondary N) is 1. The van der Waals surface area contributed by atoms with Gasteiger partial charge in [-0.15, -0.1) is 0 Å². The minimum absolute atomic E-state index is 0.0394. The van der Waals surface area contributed by atoms with Crippen molar-refractivity contribution in [3.05, 3.63) is 0 Å². The third kappa shape index (κ3) is 3.14. The zero-order valence-corrected chi connectivity index (χ0v) is 19.0. The molecule has 1 saturated heterocycles. The highest BCUT2D eigenvalue weighted by Crippen LogP contribution is 2.66. The summed E-state index contributed by atoms with van der Waals surface area (Å²) in [4.78, 5) is 27.5. The fraction of sp³-hybridized carbons (Fsp3) is 0.917. The molecule has 4 aliphatic rings. The predicted octanol–water partition coefficient (Wildman–Crippen LogP) is 3.35. The molecule has 0 aromatic rings. The highest BCUT2D eigenvalue weighted by atomic mass is 16.3. The highest BCUT2D eigenvalue weighted by molar-refractivity contribution is 5.80. The SMILES string of the molecule is CN1C(=O)CC[C@@]2(C)C1CC[C@@H]1[C@H]2CC[C@]2(C)C(C(=O)NC(C)(C)CO)CC[C@@H]12. The molecule has 0 aromatic heterocycles. The van der Waals surface area contributed by atoms with Crippen LogP contribution < -0.4 is 5.32 Å². The maximum atomic E-state index is 13.1. The smallest absolute Gasteiger partial charge is 0.224 e. The normalized spacial score (nSPS) is 44.7.